The lowest BCUT2D eigenvalue weighted by Gasteiger charge is -2.32. The highest BCUT2D eigenvalue weighted by Crippen LogP contribution is 2.34. The Kier molecular flexibility index (Phi) is 4.34. The third-order valence-electron chi connectivity index (χ3n) is 4.84. The normalized spacial score (nSPS) is 20.4. The molecule has 25 heavy (non-hydrogen) atoms. The minimum atomic E-state index is -0.303. The number of halogens is 1. The molecule has 2 fully saturated rings. The van der Waals surface area contributed by atoms with Crippen molar-refractivity contribution in [2.24, 2.45) is 5.92 Å². The minimum absolute atomic E-state index is 0.229. The molecule has 130 valence electrons. The van der Waals surface area contributed by atoms with Crippen molar-refractivity contribution in [1.29, 1.82) is 0 Å². The Morgan fingerprint density at radius 2 is 2.12 bits per heavy atom. The Hall–Kier alpha value is -2.50. The van der Waals surface area contributed by atoms with Crippen LogP contribution in [0, 0.1) is 11.7 Å². The van der Waals surface area contributed by atoms with E-state index < -0.39 is 0 Å². The summed E-state index contributed by atoms with van der Waals surface area (Å²) in [6, 6.07) is 8.13. The van der Waals surface area contributed by atoms with Gasteiger partial charge in [-0.2, -0.15) is 0 Å². The van der Waals surface area contributed by atoms with Crippen molar-refractivity contribution in [3.05, 3.63) is 48.0 Å². The summed E-state index contributed by atoms with van der Waals surface area (Å²) in [4.78, 5) is 23.1. The van der Waals surface area contributed by atoms with Crippen molar-refractivity contribution < 1.29 is 9.18 Å². The predicted octanol–water partition coefficient (Wildman–Crippen LogP) is 3.48. The van der Waals surface area contributed by atoms with E-state index in [9.17, 15) is 9.18 Å². The number of hydrogen-bond donors (Lipinski definition) is 1. The average molecular weight is 340 g/mol. The Morgan fingerprint density at radius 1 is 1.24 bits per heavy atom. The van der Waals surface area contributed by atoms with E-state index in [1.165, 1.54) is 12.1 Å². The second-order valence-electron chi connectivity index (χ2n) is 6.84. The van der Waals surface area contributed by atoms with E-state index in [2.05, 4.69) is 15.3 Å². The van der Waals surface area contributed by atoms with E-state index >= 15 is 0 Å². The molecule has 1 aromatic carbocycles. The number of anilines is 2. The zero-order chi connectivity index (χ0) is 17.2. The summed E-state index contributed by atoms with van der Waals surface area (Å²) in [5, 5.41) is 3.04. The first kappa shape index (κ1) is 16.0. The first-order valence-corrected chi connectivity index (χ1v) is 8.83. The molecular weight excluding hydrogens is 319 g/mol. The van der Waals surface area contributed by atoms with Gasteiger partial charge >= 0.3 is 0 Å². The lowest BCUT2D eigenvalue weighted by atomic mass is 9.94. The molecule has 1 saturated heterocycles. The molecule has 2 aliphatic rings. The van der Waals surface area contributed by atoms with Crippen LogP contribution in [0.4, 0.5) is 16.0 Å². The molecule has 1 amide bonds. The predicted molar refractivity (Wildman–Crippen MR) is 93.0 cm³/mol. The van der Waals surface area contributed by atoms with E-state index in [0.29, 0.717) is 17.5 Å². The highest BCUT2D eigenvalue weighted by Gasteiger charge is 2.35. The maximum Gasteiger partial charge on any atom is 0.227 e. The summed E-state index contributed by atoms with van der Waals surface area (Å²) in [6.07, 6.45) is 5.81. The molecule has 4 rings (SSSR count). The fourth-order valence-electron chi connectivity index (χ4n) is 3.36. The van der Waals surface area contributed by atoms with Crippen LogP contribution in [0.2, 0.25) is 0 Å². The number of amides is 1. The van der Waals surface area contributed by atoms with Crippen molar-refractivity contribution >= 4 is 17.5 Å². The number of aromatic nitrogens is 2. The summed E-state index contributed by atoms with van der Waals surface area (Å²) in [5.41, 5.74) is 1.55. The summed E-state index contributed by atoms with van der Waals surface area (Å²) < 4.78 is 13.3. The lowest BCUT2D eigenvalue weighted by molar-refractivity contribution is -0.133. The second-order valence-corrected chi connectivity index (χ2v) is 6.84. The Morgan fingerprint density at radius 3 is 2.92 bits per heavy atom. The lowest BCUT2D eigenvalue weighted by Crippen LogP contribution is -2.40. The molecule has 5 nitrogen and oxygen atoms in total. The van der Waals surface area contributed by atoms with Crippen LogP contribution in [-0.4, -0.2) is 33.9 Å². The molecule has 1 saturated carbocycles. The zero-order valence-corrected chi connectivity index (χ0v) is 14.0. The number of benzene rings is 1. The number of piperidine rings is 1. The summed E-state index contributed by atoms with van der Waals surface area (Å²) >= 11 is 0. The van der Waals surface area contributed by atoms with Crippen LogP contribution < -0.4 is 5.32 Å². The molecule has 1 aliphatic heterocycles. The van der Waals surface area contributed by atoms with Crippen molar-refractivity contribution in [3.8, 4) is 0 Å². The fraction of sp³-hybridized carbons (Fsp3) is 0.421. The van der Waals surface area contributed by atoms with Crippen LogP contribution >= 0.6 is 0 Å². The fourth-order valence-corrected chi connectivity index (χ4v) is 3.36. The molecule has 2 heterocycles. The van der Waals surface area contributed by atoms with E-state index in [-0.39, 0.29) is 17.7 Å². The number of hydrogen-bond acceptors (Lipinski definition) is 4. The quantitative estimate of drug-likeness (QED) is 0.926. The topological polar surface area (TPSA) is 58.1 Å². The number of nitrogens with zero attached hydrogens (tertiary/aromatic N) is 3. The van der Waals surface area contributed by atoms with Crippen LogP contribution in [0.3, 0.4) is 0 Å². The summed E-state index contributed by atoms with van der Waals surface area (Å²) in [7, 11) is 0. The van der Waals surface area contributed by atoms with Crippen LogP contribution in [-0.2, 0) is 4.79 Å². The second kappa shape index (κ2) is 6.78. The SMILES string of the molecule is O=C(C1CC1)N1CCCC(c2ccnc(Nc3cccc(F)c3)n2)C1. The molecule has 0 radical (unpaired) electrons. The molecule has 6 heteroatoms. The van der Waals surface area contributed by atoms with Crippen molar-refractivity contribution in [2.45, 2.75) is 31.6 Å². The van der Waals surface area contributed by atoms with E-state index in [0.717, 1.165) is 44.5 Å². The van der Waals surface area contributed by atoms with Gasteiger partial charge < -0.3 is 10.2 Å². The van der Waals surface area contributed by atoms with E-state index in [1.54, 1.807) is 18.3 Å². The van der Waals surface area contributed by atoms with Gasteiger partial charge in [-0.3, -0.25) is 4.79 Å². The number of nitrogens with one attached hydrogen (secondary N) is 1. The highest BCUT2D eigenvalue weighted by atomic mass is 19.1. The van der Waals surface area contributed by atoms with Gasteiger partial charge in [0, 0.05) is 36.8 Å². The van der Waals surface area contributed by atoms with Gasteiger partial charge in [-0.05, 0) is 49.9 Å². The third kappa shape index (κ3) is 3.78. The van der Waals surface area contributed by atoms with Gasteiger partial charge in [-0.15, -0.1) is 0 Å². The number of likely N-dealkylation sites (tertiary alicyclic amines) is 1. The molecule has 1 N–H and O–H groups in total. The monoisotopic (exact) mass is 340 g/mol. The van der Waals surface area contributed by atoms with Gasteiger partial charge in [0.25, 0.3) is 0 Å². The van der Waals surface area contributed by atoms with Crippen LogP contribution in [0.1, 0.15) is 37.3 Å². The molecule has 2 aromatic rings. The van der Waals surface area contributed by atoms with Gasteiger partial charge in [-0.1, -0.05) is 6.07 Å². The van der Waals surface area contributed by atoms with Crippen molar-refractivity contribution in [3.63, 3.8) is 0 Å². The standard InChI is InChI=1S/C19H21FN4O/c20-15-4-1-5-16(11-15)22-19-21-9-8-17(23-19)14-3-2-10-24(12-14)18(25)13-6-7-13/h1,4-5,8-9,11,13-14H,2-3,6-7,10,12H2,(H,21,22,23). The number of rotatable bonds is 4. The summed E-state index contributed by atoms with van der Waals surface area (Å²) in [6.45, 7) is 1.58. The van der Waals surface area contributed by atoms with E-state index in [1.807, 2.05) is 11.0 Å². The molecule has 1 atom stereocenters. The maximum atomic E-state index is 13.3. The van der Waals surface area contributed by atoms with Gasteiger partial charge in [0.2, 0.25) is 11.9 Å². The molecule has 0 bridgehead atoms. The highest BCUT2D eigenvalue weighted by molar-refractivity contribution is 5.81. The van der Waals surface area contributed by atoms with Crippen molar-refractivity contribution in [2.75, 3.05) is 18.4 Å². The van der Waals surface area contributed by atoms with Crippen LogP contribution in [0.15, 0.2) is 36.5 Å². The Labute approximate surface area is 146 Å². The van der Waals surface area contributed by atoms with Crippen LogP contribution in [0.25, 0.3) is 0 Å². The average Bonchev–Trinajstić information content (AvgIpc) is 3.47. The van der Waals surface area contributed by atoms with Crippen molar-refractivity contribution in [1.82, 2.24) is 14.9 Å². The molecule has 1 aliphatic carbocycles. The van der Waals surface area contributed by atoms with Crippen LogP contribution in [0.5, 0.6) is 0 Å². The smallest absolute Gasteiger partial charge is 0.227 e. The van der Waals surface area contributed by atoms with E-state index in [4.69, 9.17) is 0 Å². The molecule has 1 unspecified atom stereocenters. The van der Waals surface area contributed by atoms with Gasteiger partial charge in [0.15, 0.2) is 0 Å². The molecule has 1 aromatic heterocycles. The third-order valence-corrected chi connectivity index (χ3v) is 4.84. The maximum absolute atomic E-state index is 13.3. The number of carbonyl (C=O) groups excluding carboxylic acids is 1. The minimum Gasteiger partial charge on any atom is -0.342 e. The molecule has 0 spiro atoms. The summed E-state index contributed by atoms with van der Waals surface area (Å²) in [5.74, 6) is 0.940. The van der Waals surface area contributed by atoms with Gasteiger partial charge in [0.1, 0.15) is 5.82 Å². The first-order chi connectivity index (χ1) is 12.2. The molecular formula is C19H21FN4O. The number of carbonyl (C=O) groups is 1. The largest absolute Gasteiger partial charge is 0.342 e. The zero-order valence-electron chi connectivity index (χ0n) is 14.0. The Bertz CT molecular complexity index is 778. The van der Waals surface area contributed by atoms with Gasteiger partial charge in [0.05, 0.1) is 5.69 Å². The first-order valence-electron chi connectivity index (χ1n) is 8.83. The Balaban J connectivity index is 1.47. The van der Waals surface area contributed by atoms with Gasteiger partial charge in [-0.25, -0.2) is 14.4 Å².